The highest BCUT2D eigenvalue weighted by molar-refractivity contribution is 14.0. The molecule has 0 atom stereocenters. The Morgan fingerprint density at radius 1 is 1.19 bits per heavy atom. The average Bonchev–Trinajstić information content (AvgIpc) is 3.29. The summed E-state index contributed by atoms with van der Waals surface area (Å²) in [5.41, 5.74) is 0. The first-order valence-corrected chi connectivity index (χ1v) is 7.57. The number of rotatable bonds is 11. The monoisotopic (exact) mass is 414 g/mol. The van der Waals surface area contributed by atoms with Crippen LogP contribution in [-0.2, 0) is 9.47 Å². The quantitative estimate of drug-likeness (QED) is 0.228. The zero-order chi connectivity index (χ0) is 14.6. The molecule has 1 saturated carbocycles. The van der Waals surface area contributed by atoms with Crippen LogP contribution in [0.15, 0.2) is 4.99 Å². The number of ether oxygens (including phenoxy) is 2. The minimum Gasteiger partial charge on any atom is -0.383 e. The second-order valence-corrected chi connectivity index (χ2v) is 4.88. The van der Waals surface area contributed by atoms with Crippen molar-refractivity contribution in [2.24, 2.45) is 4.99 Å². The molecule has 0 saturated heterocycles. The van der Waals surface area contributed by atoms with E-state index in [1.54, 1.807) is 14.2 Å². The maximum atomic E-state index is 5.29. The number of methoxy groups -OCH3 is 1. The van der Waals surface area contributed by atoms with Crippen LogP contribution < -0.4 is 10.6 Å². The molecule has 1 aliphatic carbocycles. The third-order valence-electron chi connectivity index (χ3n) is 3.30. The highest BCUT2D eigenvalue weighted by Gasteiger charge is 2.28. The molecule has 0 radical (unpaired) electrons. The Morgan fingerprint density at radius 3 is 2.48 bits per heavy atom. The molecule has 21 heavy (non-hydrogen) atoms. The van der Waals surface area contributed by atoms with Crippen LogP contribution in [0.3, 0.4) is 0 Å². The van der Waals surface area contributed by atoms with Crippen LogP contribution >= 0.6 is 24.0 Å². The molecule has 0 aliphatic heterocycles. The number of hydrogen-bond acceptors (Lipinski definition) is 4. The number of hydrogen-bond donors (Lipinski definition) is 2. The molecular formula is C14H31IN4O2. The molecule has 0 aromatic carbocycles. The van der Waals surface area contributed by atoms with E-state index in [-0.39, 0.29) is 24.0 Å². The number of guanidine groups is 1. The van der Waals surface area contributed by atoms with Gasteiger partial charge in [0.15, 0.2) is 5.96 Å². The van der Waals surface area contributed by atoms with Crippen molar-refractivity contribution in [2.45, 2.75) is 25.8 Å². The summed E-state index contributed by atoms with van der Waals surface area (Å²) >= 11 is 0. The Morgan fingerprint density at radius 2 is 1.90 bits per heavy atom. The summed E-state index contributed by atoms with van der Waals surface area (Å²) in [5, 5.41) is 6.57. The van der Waals surface area contributed by atoms with Crippen LogP contribution in [0.1, 0.15) is 19.8 Å². The van der Waals surface area contributed by atoms with Crippen molar-refractivity contribution >= 4 is 29.9 Å². The van der Waals surface area contributed by atoms with E-state index >= 15 is 0 Å². The maximum absolute atomic E-state index is 5.29. The van der Waals surface area contributed by atoms with E-state index in [9.17, 15) is 0 Å². The summed E-state index contributed by atoms with van der Waals surface area (Å²) in [4.78, 5) is 6.69. The molecule has 1 rings (SSSR count). The van der Waals surface area contributed by atoms with Crippen LogP contribution in [0.5, 0.6) is 0 Å². The average molecular weight is 414 g/mol. The van der Waals surface area contributed by atoms with E-state index < -0.39 is 0 Å². The van der Waals surface area contributed by atoms with Gasteiger partial charge in [-0.15, -0.1) is 24.0 Å². The van der Waals surface area contributed by atoms with Gasteiger partial charge in [-0.1, -0.05) is 0 Å². The Balaban J connectivity index is 0.00000400. The molecule has 0 amide bonds. The first-order chi connectivity index (χ1) is 9.81. The molecule has 0 unspecified atom stereocenters. The zero-order valence-electron chi connectivity index (χ0n) is 13.6. The molecule has 7 heteroatoms. The van der Waals surface area contributed by atoms with Crippen molar-refractivity contribution in [3.63, 3.8) is 0 Å². The third kappa shape index (κ3) is 10.3. The van der Waals surface area contributed by atoms with Crippen LogP contribution in [0, 0.1) is 0 Å². The summed E-state index contributed by atoms with van der Waals surface area (Å²) in [7, 11) is 3.55. The van der Waals surface area contributed by atoms with Crippen molar-refractivity contribution in [2.75, 3.05) is 60.2 Å². The van der Waals surface area contributed by atoms with Gasteiger partial charge < -0.3 is 20.1 Å². The highest BCUT2D eigenvalue weighted by Crippen LogP contribution is 2.25. The zero-order valence-corrected chi connectivity index (χ0v) is 15.9. The number of halogens is 1. The lowest BCUT2D eigenvalue weighted by Gasteiger charge is -2.22. The van der Waals surface area contributed by atoms with E-state index in [0.717, 1.165) is 51.4 Å². The van der Waals surface area contributed by atoms with Gasteiger partial charge >= 0.3 is 0 Å². The molecule has 1 aliphatic rings. The van der Waals surface area contributed by atoms with Gasteiger partial charge in [0.2, 0.25) is 0 Å². The third-order valence-corrected chi connectivity index (χ3v) is 3.30. The number of nitrogens with zero attached hydrogens (tertiary/aromatic N) is 2. The van der Waals surface area contributed by atoms with Gasteiger partial charge in [-0.2, -0.15) is 0 Å². The van der Waals surface area contributed by atoms with Crippen molar-refractivity contribution in [1.82, 2.24) is 15.5 Å². The molecule has 2 N–H and O–H groups in total. The molecule has 1 fully saturated rings. The first kappa shape index (κ1) is 20.9. The van der Waals surface area contributed by atoms with Crippen molar-refractivity contribution in [3.8, 4) is 0 Å². The maximum Gasteiger partial charge on any atom is 0.191 e. The van der Waals surface area contributed by atoms with Crippen LogP contribution in [0.25, 0.3) is 0 Å². The molecule has 0 spiro atoms. The fraction of sp³-hybridized carbons (Fsp3) is 0.929. The Kier molecular flexibility index (Phi) is 13.5. The van der Waals surface area contributed by atoms with Crippen molar-refractivity contribution in [1.29, 1.82) is 0 Å². The topological polar surface area (TPSA) is 58.1 Å². The minimum atomic E-state index is 0. The van der Waals surface area contributed by atoms with Crippen LogP contribution in [0.4, 0.5) is 0 Å². The molecule has 0 aromatic rings. The second-order valence-electron chi connectivity index (χ2n) is 4.88. The lowest BCUT2D eigenvalue weighted by Crippen LogP contribution is -2.43. The van der Waals surface area contributed by atoms with Gasteiger partial charge in [0.1, 0.15) is 0 Å². The fourth-order valence-corrected chi connectivity index (χ4v) is 2.05. The normalized spacial score (nSPS) is 15.0. The van der Waals surface area contributed by atoms with Gasteiger partial charge in [-0.25, -0.2) is 0 Å². The predicted octanol–water partition coefficient (Wildman–Crippen LogP) is 0.917. The lowest BCUT2D eigenvalue weighted by atomic mass is 10.4. The summed E-state index contributed by atoms with van der Waals surface area (Å²) in [6.07, 6.45) is 2.65. The van der Waals surface area contributed by atoms with Crippen LogP contribution in [-0.4, -0.2) is 77.1 Å². The van der Waals surface area contributed by atoms with Gasteiger partial charge in [0.25, 0.3) is 0 Å². The van der Waals surface area contributed by atoms with Gasteiger partial charge in [-0.05, 0) is 19.8 Å². The summed E-state index contributed by atoms with van der Waals surface area (Å²) in [5.74, 6) is 0.840. The molecular weight excluding hydrogens is 383 g/mol. The van der Waals surface area contributed by atoms with Gasteiger partial charge in [0, 0.05) is 53.0 Å². The smallest absolute Gasteiger partial charge is 0.191 e. The van der Waals surface area contributed by atoms with E-state index in [1.165, 1.54) is 12.8 Å². The van der Waals surface area contributed by atoms with Gasteiger partial charge in [0.05, 0.1) is 13.2 Å². The fourth-order valence-electron chi connectivity index (χ4n) is 2.05. The molecule has 126 valence electrons. The lowest BCUT2D eigenvalue weighted by molar-refractivity contribution is 0.144. The second kappa shape index (κ2) is 13.5. The Hall–Kier alpha value is -0.120. The van der Waals surface area contributed by atoms with Crippen LogP contribution in [0.2, 0.25) is 0 Å². The van der Waals surface area contributed by atoms with E-state index in [1.807, 2.05) is 6.92 Å². The van der Waals surface area contributed by atoms with Crippen molar-refractivity contribution in [3.05, 3.63) is 0 Å². The predicted molar refractivity (Wildman–Crippen MR) is 97.7 cm³/mol. The SMILES string of the molecule is CCOCCNC(=NC)NCCN(CCOC)C1CC1.I. The number of nitrogens with one attached hydrogen (secondary N) is 2. The summed E-state index contributed by atoms with van der Waals surface area (Å²) in [6.45, 7) is 7.98. The number of aliphatic imine (C=N–C) groups is 1. The van der Waals surface area contributed by atoms with E-state index in [0.29, 0.717) is 6.61 Å². The summed E-state index contributed by atoms with van der Waals surface area (Å²) < 4.78 is 10.5. The summed E-state index contributed by atoms with van der Waals surface area (Å²) in [6, 6.07) is 0.764. The standard InChI is InChI=1S/C14H30N4O2.HI/c1-4-20-11-8-17-14(15-2)16-7-9-18(10-12-19-3)13-5-6-13;/h13H,4-12H2,1-3H3,(H2,15,16,17);1H. The highest BCUT2D eigenvalue weighted by atomic mass is 127. The van der Waals surface area contributed by atoms with E-state index in [2.05, 4.69) is 20.5 Å². The van der Waals surface area contributed by atoms with Crippen molar-refractivity contribution < 1.29 is 9.47 Å². The minimum absolute atomic E-state index is 0. The molecule has 0 bridgehead atoms. The Bertz CT molecular complexity index is 276. The first-order valence-electron chi connectivity index (χ1n) is 7.57. The molecule has 0 aromatic heterocycles. The van der Waals surface area contributed by atoms with Gasteiger partial charge in [-0.3, -0.25) is 9.89 Å². The molecule has 0 heterocycles. The van der Waals surface area contributed by atoms with E-state index in [4.69, 9.17) is 9.47 Å². The Labute approximate surface area is 146 Å². The molecule has 6 nitrogen and oxygen atoms in total. The largest absolute Gasteiger partial charge is 0.383 e.